The van der Waals surface area contributed by atoms with Gasteiger partial charge in [-0.15, -0.1) is 0 Å². The Bertz CT molecular complexity index is 2550. The molecule has 9 amide bonds. The van der Waals surface area contributed by atoms with Crippen LogP contribution in [0.5, 0.6) is 0 Å². The van der Waals surface area contributed by atoms with Crippen LogP contribution in [-0.2, 0) is 79.9 Å². The number of carbonyl (C=O) groups excluding carboxylic acids is 10. The SMILES string of the molecule is CC[C@@H](C)[C@@H]([C@@H](CC(=O)N1CCC[C@H]1[C@H](OC)[C@@H](C)C(=O)N[C@@H](Cc1ccccc1)C(=O)NCCOCCOCCC(=O)NCCNC(=O)CNC(=O)C(CCC(C)=O)NC(=O)OCc1ccccc1)OC)N(C)C(=O)C(NC(=O)[C@H](C(C)C)N(C)C)C(C)C. The topological polar surface area (TPSA) is 311 Å². The number of nitrogens with zero attached hydrogens (tertiary/aromatic N) is 3. The van der Waals surface area contributed by atoms with Gasteiger partial charge in [-0.1, -0.05) is 116 Å². The molecule has 1 aliphatic heterocycles. The van der Waals surface area contributed by atoms with E-state index in [9.17, 15) is 47.9 Å². The van der Waals surface area contributed by atoms with E-state index in [1.807, 2.05) is 96.9 Å². The number of methoxy groups -OCH3 is 2. The molecule has 2 unspecified atom stereocenters. The fraction of sp³-hybridized carbons (Fsp3) is 0.662. The Hall–Kier alpha value is -7.06. The van der Waals surface area contributed by atoms with Crippen LogP contribution < -0.4 is 37.2 Å². The second-order valence-corrected chi connectivity index (χ2v) is 23.9. The molecular weight excluding hydrogens is 1160 g/mol. The highest BCUT2D eigenvalue weighted by atomic mass is 16.5. The smallest absolute Gasteiger partial charge is 0.408 e. The van der Waals surface area contributed by atoms with Crippen LogP contribution in [0.4, 0.5) is 4.79 Å². The first-order valence-corrected chi connectivity index (χ1v) is 31.5. The van der Waals surface area contributed by atoms with Crippen LogP contribution in [0.15, 0.2) is 60.7 Å². The molecule has 0 saturated carbocycles. The Labute approximate surface area is 532 Å². The van der Waals surface area contributed by atoms with Crippen molar-refractivity contribution in [3.63, 3.8) is 0 Å². The molecule has 25 heteroatoms. The number of ketones is 1. The van der Waals surface area contributed by atoms with Crippen LogP contribution in [0.3, 0.4) is 0 Å². The minimum absolute atomic E-state index is 0.00399. The van der Waals surface area contributed by atoms with Crippen molar-refractivity contribution in [3.8, 4) is 0 Å². The lowest BCUT2D eigenvalue weighted by molar-refractivity contribution is -0.148. The number of likely N-dealkylation sites (tertiary alicyclic amines) is 1. The van der Waals surface area contributed by atoms with Crippen LogP contribution in [0.25, 0.3) is 0 Å². The minimum atomic E-state index is -1.11. The summed E-state index contributed by atoms with van der Waals surface area (Å²) in [6.07, 6.45) is -0.147. The van der Waals surface area contributed by atoms with Crippen LogP contribution in [-0.4, -0.2) is 217 Å². The normalized spacial score (nSPS) is 16.1. The van der Waals surface area contributed by atoms with Crippen LogP contribution in [0, 0.1) is 23.7 Å². The highest BCUT2D eigenvalue weighted by molar-refractivity contribution is 5.92. The van der Waals surface area contributed by atoms with E-state index < -0.39 is 90.6 Å². The third-order valence-corrected chi connectivity index (χ3v) is 16.1. The van der Waals surface area contributed by atoms with E-state index in [0.717, 1.165) is 11.1 Å². The fourth-order valence-electron chi connectivity index (χ4n) is 11.0. The average Bonchev–Trinajstić information content (AvgIpc) is 2.60. The number of ether oxygens (including phenoxy) is 5. The summed E-state index contributed by atoms with van der Waals surface area (Å²) >= 11 is 0. The number of likely N-dealkylation sites (N-methyl/N-ethyl adjacent to an activating group) is 2. The Morgan fingerprint density at radius 3 is 1.83 bits per heavy atom. The van der Waals surface area contributed by atoms with Gasteiger partial charge in [0, 0.05) is 66.7 Å². The van der Waals surface area contributed by atoms with E-state index >= 15 is 0 Å². The lowest BCUT2D eigenvalue weighted by Crippen LogP contribution is -2.59. The first-order chi connectivity index (χ1) is 42.8. The molecule has 504 valence electrons. The summed E-state index contributed by atoms with van der Waals surface area (Å²) < 4.78 is 28.5. The summed E-state index contributed by atoms with van der Waals surface area (Å²) in [5.41, 5.74) is 1.57. The van der Waals surface area contributed by atoms with E-state index in [-0.39, 0.29) is 132 Å². The predicted molar refractivity (Wildman–Crippen MR) is 339 cm³/mol. The van der Waals surface area contributed by atoms with Gasteiger partial charge < -0.3 is 75.5 Å². The summed E-state index contributed by atoms with van der Waals surface area (Å²) in [7, 11) is 8.42. The number of Topliss-reactive ketones (excluding diaryl/α,β-unsaturated/α-hetero) is 1. The maximum absolute atomic E-state index is 14.5. The number of rotatable bonds is 42. The van der Waals surface area contributed by atoms with Crippen molar-refractivity contribution in [3.05, 3.63) is 71.8 Å². The number of amides is 9. The predicted octanol–water partition coefficient (Wildman–Crippen LogP) is 2.91. The molecule has 1 fully saturated rings. The van der Waals surface area contributed by atoms with Gasteiger partial charge in [-0.2, -0.15) is 0 Å². The standard InChI is InChI=1S/C65H104N10O15/c1-14-44(6)58(74(11)64(84)56(42(2)3)72-63(83)57(43(4)5)73(9)10)52(86-12)39-55(79)75-33-21-26-51(75)59(87-13)46(8)60(80)70-50(38-47-22-17-15-18-23-47)62(82)68-32-35-89-37-36-88-34-29-53(77)66-30-31-67-54(78)40-69-61(81)49(28-27-45(7)76)71-65(85)90-41-48-24-19-16-20-25-48/h15-20,22-25,42-44,46,49-52,56-59H,14,21,26-41H2,1-13H3,(H,66,77)(H,67,78)(H,68,82)(H,69,81)(H,70,80)(H,71,85)(H,72,83)/t44-,46-,49?,50+,51+,52-,56?,57+,58+,59-/m1/s1. The maximum Gasteiger partial charge on any atom is 0.408 e. The van der Waals surface area contributed by atoms with E-state index in [1.165, 1.54) is 21.1 Å². The van der Waals surface area contributed by atoms with E-state index in [4.69, 9.17) is 23.7 Å². The molecule has 0 spiro atoms. The second kappa shape index (κ2) is 41.3. The molecule has 7 N–H and O–H groups in total. The van der Waals surface area contributed by atoms with E-state index in [1.54, 1.807) is 48.0 Å². The lowest BCUT2D eigenvalue weighted by Gasteiger charge is -2.41. The van der Waals surface area contributed by atoms with Crippen LogP contribution in [0.2, 0.25) is 0 Å². The van der Waals surface area contributed by atoms with Crippen molar-refractivity contribution in [2.24, 2.45) is 23.7 Å². The van der Waals surface area contributed by atoms with Crippen molar-refractivity contribution < 1.29 is 71.6 Å². The zero-order valence-electron chi connectivity index (χ0n) is 55.4. The van der Waals surface area contributed by atoms with Gasteiger partial charge in [-0.3, -0.25) is 43.3 Å². The molecule has 3 rings (SSSR count). The Kier molecular flexibility index (Phi) is 35.5. The molecule has 10 atom stereocenters. The molecular formula is C65H104N10O15. The summed E-state index contributed by atoms with van der Waals surface area (Å²) in [6.45, 7) is 15.7. The second-order valence-electron chi connectivity index (χ2n) is 23.9. The Morgan fingerprint density at radius 2 is 1.26 bits per heavy atom. The van der Waals surface area contributed by atoms with Crippen molar-refractivity contribution in [2.45, 2.75) is 162 Å². The zero-order chi connectivity index (χ0) is 66.9. The van der Waals surface area contributed by atoms with Gasteiger partial charge in [0.15, 0.2) is 0 Å². The Morgan fingerprint density at radius 1 is 0.644 bits per heavy atom. The van der Waals surface area contributed by atoms with Crippen molar-refractivity contribution in [2.75, 3.05) is 94.5 Å². The monoisotopic (exact) mass is 1260 g/mol. The van der Waals surface area contributed by atoms with Gasteiger partial charge in [0.1, 0.15) is 30.5 Å². The average molecular weight is 1270 g/mol. The summed E-state index contributed by atoms with van der Waals surface area (Å²) in [5.74, 6) is -4.39. The highest BCUT2D eigenvalue weighted by Crippen LogP contribution is 2.30. The number of hydrogen-bond acceptors (Lipinski definition) is 16. The number of hydrogen-bond donors (Lipinski definition) is 7. The van der Waals surface area contributed by atoms with Gasteiger partial charge in [-0.25, -0.2) is 4.79 Å². The third-order valence-electron chi connectivity index (χ3n) is 16.1. The molecule has 0 radical (unpaired) electrons. The van der Waals surface area contributed by atoms with Gasteiger partial charge in [0.2, 0.25) is 47.3 Å². The number of carbonyl (C=O) groups is 10. The number of nitrogens with one attached hydrogen (secondary N) is 7. The summed E-state index contributed by atoms with van der Waals surface area (Å²) in [4.78, 5) is 137. The van der Waals surface area contributed by atoms with Gasteiger partial charge in [-0.05, 0) is 69.2 Å². The van der Waals surface area contributed by atoms with Gasteiger partial charge in [0.25, 0.3) is 0 Å². The molecule has 1 saturated heterocycles. The molecule has 25 nitrogen and oxygen atoms in total. The van der Waals surface area contributed by atoms with E-state index in [0.29, 0.717) is 25.8 Å². The minimum Gasteiger partial charge on any atom is -0.445 e. The van der Waals surface area contributed by atoms with Crippen LogP contribution >= 0.6 is 0 Å². The quantitative estimate of drug-likeness (QED) is 0.0470. The first kappa shape index (κ1) is 77.2. The van der Waals surface area contributed by atoms with Gasteiger partial charge >= 0.3 is 6.09 Å². The largest absolute Gasteiger partial charge is 0.445 e. The molecule has 90 heavy (non-hydrogen) atoms. The number of benzene rings is 2. The van der Waals surface area contributed by atoms with E-state index in [2.05, 4.69) is 37.2 Å². The summed E-state index contributed by atoms with van der Waals surface area (Å²) in [5, 5.41) is 19.0. The number of alkyl carbamates (subject to hydrolysis) is 1. The summed E-state index contributed by atoms with van der Waals surface area (Å²) in [6, 6.07) is 13.9. The van der Waals surface area contributed by atoms with Crippen molar-refractivity contribution in [1.29, 1.82) is 0 Å². The van der Waals surface area contributed by atoms with Gasteiger partial charge in [0.05, 0.1) is 75.6 Å². The molecule has 0 aliphatic carbocycles. The molecule has 2 aromatic carbocycles. The molecule has 2 aromatic rings. The lowest BCUT2D eigenvalue weighted by atomic mass is 9.89. The molecule has 0 aromatic heterocycles. The molecule has 0 bridgehead atoms. The molecule has 1 heterocycles. The van der Waals surface area contributed by atoms with Crippen molar-refractivity contribution in [1.82, 2.24) is 51.9 Å². The first-order valence-electron chi connectivity index (χ1n) is 31.5. The fourth-order valence-corrected chi connectivity index (χ4v) is 11.0. The molecule has 1 aliphatic rings. The Balaban J connectivity index is 1.47. The highest BCUT2D eigenvalue weighted by Gasteiger charge is 2.44. The maximum atomic E-state index is 14.5. The third kappa shape index (κ3) is 26.8. The van der Waals surface area contributed by atoms with Crippen LogP contribution in [0.1, 0.15) is 111 Å². The van der Waals surface area contributed by atoms with Crippen molar-refractivity contribution >= 4 is 59.1 Å². The zero-order valence-corrected chi connectivity index (χ0v) is 55.4.